The van der Waals surface area contributed by atoms with Gasteiger partial charge in [0.15, 0.2) is 5.82 Å². The first-order chi connectivity index (χ1) is 16.2. The van der Waals surface area contributed by atoms with Crippen molar-refractivity contribution < 1.29 is 9.13 Å². The molecule has 2 aromatic rings. The Balaban J connectivity index is 1.64. The fourth-order valence-electron chi connectivity index (χ4n) is 4.04. The maximum Gasteiger partial charge on any atom is 0.159 e. The summed E-state index contributed by atoms with van der Waals surface area (Å²) in [6.07, 6.45) is 20.4. The van der Waals surface area contributed by atoms with Crippen molar-refractivity contribution in [3.8, 4) is 17.1 Å². The van der Waals surface area contributed by atoms with E-state index in [9.17, 15) is 4.39 Å². The zero-order valence-electron chi connectivity index (χ0n) is 21.0. The first-order valence-electron chi connectivity index (χ1n) is 13.4. The van der Waals surface area contributed by atoms with Crippen LogP contribution in [0.1, 0.15) is 109 Å². The maximum atomic E-state index is 13.9. The SMILES string of the molecule is CCCCCCCCCCc1cnc(-c2ccc(OCCC(F)CCCCCC)cc2)nc1. The van der Waals surface area contributed by atoms with E-state index in [0.29, 0.717) is 19.4 Å². The van der Waals surface area contributed by atoms with E-state index in [4.69, 9.17) is 4.74 Å². The fraction of sp³-hybridized carbons (Fsp3) is 0.655. The molecule has 1 aromatic carbocycles. The van der Waals surface area contributed by atoms with E-state index in [1.165, 1.54) is 69.8 Å². The smallest absolute Gasteiger partial charge is 0.159 e. The fourth-order valence-corrected chi connectivity index (χ4v) is 4.04. The van der Waals surface area contributed by atoms with Gasteiger partial charge in [-0.05, 0) is 49.1 Å². The number of rotatable bonds is 19. The van der Waals surface area contributed by atoms with Gasteiger partial charge in [0.05, 0.1) is 6.61 Å². The molecule has 0 spiro atoms. The minimum Gasteiger partial charge on any atom is -0.493 e. The van der Waals surface area contributed by atoms with E-state index in [2.05, 4.69) is 23.8 Å². The van der Waals surface area contributed by atoms with Crippen LogP contribution in [0.5, 0.6) is 5.75 Å². The average molecular weight is 457 g/mol. The van der Waals surface area contributed by atoms with Crippen LogP contribution in [-0.2, 0) is 6.42 Å². The topological polar surface area (TPSA) is 35.0 Å². The summed E-state index contributed by atoms with van der Waals surface area (Å²) in [6.45, 7) is 4.85. The standard InChI is InChI=1S/C29H45FN2O/c1-3-5-7-9-10-11-12-13-15-25-23-31-29(32-24-25)26-17-19-28(20-18-26)33-22-21-27(30)16-14-8-6-4-2/h17-20,23-24,27H,3-16,21-22H2,1-2H3. The number of halogens is 1. The van der Waals surface area contributed by atoms with Gasteiger partial charge in [0.25, 0.3) is 0 Å². The molecule has 0 saturated carbocycles. The highest BCUT2D eigenvalue weighted by molar-refractivity contribution is 5.55. The number of ether oxygens (including phenoxy) is 1. The zero-order chi connectivity index (χ0) is 23.6. The second kappa shape index (κ2) is 17.5. The summed E-state index contributed by atoms with van der Waals surface area (Å²) in [7, 11) is 0. The Bertz CT molecular complexity index is 717. The lowest BCUT2D eigenvalue weighted by Crippen LogP contribution is -2.07. The van der Waals surface area contributed by atoms with E-state index in [1.807, 2.05) is 36.7 Å². The van der Waals surface area contributed by atoms with Gasteiger partial charge in [0.2, 0.25) is 0 Å². The second-order valence-electron chi connectivity index (χ2n) is 9.25. The Morgan fingerprint density at radius 1 is 0.727 bits per heavy atom. The molecule has 1 aromatic heterocycles. The Kier molecular flexibility index (Phi) is 14.5. The maximum absolute atomic E-state index is 13.9. The molecule has 0 aliphatic rings. The monoisotopic (exact) mass is 456 g/mol. The minimum absolute atomic E-state index is 0.415. The second-order valence-corrected chi connectivity index (χ2v) is 9.25. The van der Waals surface area contributed by atoms with E-state index in [-0.39, 0.29) is 0 Å². The molecule has 0 saturated heterocycles. The van der Waals surface area contributed by atoms with Crippen LogP contribution >= 0.6 is 0 Å². The third-order valence-electron chi connectivity index (χ3n) is 6.21. The molecule has 1 unspecified atom stereocenters. The summed E-state index contributed by atoms with van der Waals surface area (Å²) in [5, 5.41) is 0. The molecule has 0 aliphatic carbocycles. The van der Waals surface area contributed by atoms with Gasteiger partial charge in [-0.3, -0.25) is 0 Å². The number of aromatic nitrogens is 2. The van der Waals surface area contributed by atoms with Crippen LogP contribution in [0.4, 0.5) is 4.39 Å². The first kappa shape index (κ1) is 27.3. The quantitative estimate of drug-likeness (QED) is 0.198. The van der Waals surface area contributed by atoms with Crippen LogP contribution in [0.2, 0.25) is 0 Å². The normalized spacial score (nSPS) is 12.1. The van der Waals surface area contributed by atoms with Crippen LogP contribution in [0.3, 0.4) is 0 Å². The summed E-state index contributed by atoms with van der Waals surface area (Å²) >= 11 is 0. The Labute approximate surface area is 201 Å². The number of alkyl halides is 1. The molecule has 0 bridgehead atoms. The van der Waals surface area contributed by atoms with Crippen molar-refractivity contribution >= 4 is 0 Å². The predicted molar refractivity (Wildman–Crippen MR) is 138 cm³/mol. The molecular formula is C29H45FN2O. The van der Waals surface area contributed by atoms with Crippen LogP contribution in [-0.4, -0.2) is 22.7 Å². The summed E-state index contributed by atoms with van der Waals surface area (Å²) in [6, 6.07) is 7.78. The zero-order valence-corrected chi connectivity index (χ0v) is 21.0. The van der Waals surface area contributed by atoms with Crippen LogP contribution in [0.25, 0.3) is 11.4 Å². The van der Waals surface area contributed by atoms with Crippen molar-refractivity contribution in [3.05, 3.63) is 42.2 Å². The summed E-state index contributed by atoms with van der Waals surface area (Å²) in [5.74, 6) is 1.50. The van der Waals surface area contributed by atoms with Crippen molar-refractivity contribution in [2.24, 2.45) is 0 Å². The molecule has 0 aliphatic heterocycles. The summed E-state index contributed by atoms with van der Waals surface area (Å²) < 4.78 is 19.7. The Morgan fingerprint density at radius 2 is 1.30 bits per heavy atom. The number of nitrogens with zero attached hydrogens (tertiary/aromatic N) is 2. The van der Waals surface area contributed by atoms with Crippen molar-refractivity contribution in [1.82, 2.24) is 9.97 Å². The average Bonchev–Trinajstić information content (AvgIpc) is 2.84. The van der Waals surface area contributed by atoms with Crippen molar-refractivity contribution in [3.63, 3.8) is 0 Å². The van der Waals surface area contributed by atoms with Gasteiger partial charge in [-0.1, -0.05) is 84.5 Å². The van der Waals surface area contributed by atoms with Crippen molar-refractivity contribution in [1.29, 1.82) is 0 Å². The molecule has 3 nitrogen and oxygen atoms in total. The van der Waals surface area contributed by atoms with Crippen molar-refractivity contribution in [2.75, 3.05) is 6.61 Å². The molecule has 1 atom stereocenters. The predicted octanol–water partition coefficient (Wildman–Crippen LogP) is 8.90. The van der Waals surface area contributed by atoms with E-state index < -0.39 is 6.17 Å². The number of aryl methyl sites for hydroxylation is 1. The lowest BCUT2D eigenvalue weighted by atomic mass is 10.1. The Hall–Kier alpha value is -1.97. The molecule has 33 heavy (non-hydrogen) atoms. The number of hydrogen-bond acceptors (Lipinski definition) is 3. The molecule has 184 valence electrons. The Morgan fingerprint density at radius 3 is 1.94 bits per heavy atom. The number of unbranched alkanes of at least 4 members (excludes halogenated alkanes) is 10. The van der Waals surface area contributed by atoms with Crippen LogP contribution in [0, 0.1) is 0 Å². The molecular weight excluding hydrogens is 411 g/mol. The third kappa shape index (κ3) is 12.2. The molecule has 0 fully saturated rings. The molecule has 4 heteroatoms. The lowest BCUT2D eigenvalue weighted by Gasteiger charge is -2.10. The summed E-state index contributed by atoms with van der Waals surface area (Å²) in [5.41, 5.74) is 2.18. The van der Waals surface area contributed by atoms with Gasteiger partial charge in [0, 0.05) is 24.4 Å². The van der Waals surface area contributed by atoms with E-state index >= 15 is 0 Å². The first-order valence-corrected chi connectivity index (χ1v) is 13.4. The minimum atomic E-state index is -0.765. The largest absolute Gasteiger partial charge is 0.493 e. The molecule has 2 rings (SSSR count). The van der Waals surface area contributed by atoms with Gasteiger partial charge in [-0.15, -0.1) is 0 Å². The van der Waals surface area contributed by atoms with Gasteiger partial charge in [0.1, 0.15) is 11.9 Å². The molecule has 0 amide bonds. The third-order valence-corrected chi connectivity index (χ3v) is 6.21. The van der Waals surface area contributed by atoms with Gasteiger partial charge in [-0.25, -0.2) is 14.4 Å². The van der Waals surface area contributed by atoms with Crippen LogP contribution in [0.15, 0.2) is 36.7 Å². The highest BCUT2D eigenvalue weighted by Gasteiger charge is 2.07. The number of benzene rings is 1. The molecule has 0 N–H and O–H groups in total. The van der Waals surface area contributed by atoms with E-state index in [1.54, 1.807) is 0 Å². The highest BCUT2D eigenvalue weighted by atomic mass is 19.1. The van der Waals surface area contributed by atoms with Crippen LogP contribution < -0.4 is 4.74 Å². The van der Waals surface area contributed by atoms with Gasteiger partial charge < -0.3 is 4.74 Å². The van der Waals surface area contributed by atoms with E-state index in [0.717, 1.165) is 36.4 Å². The molecule has 1 heterocycles. The van der Waals surface area contributed by atoms with Gasteiger partial charge >= 0.3 is 0 Å². The van der Waals surface area contributed by atoms with Crippen molar-refractivity contribution in [2.45, 2.75) is 116 Å². The number of hydrogen-bond donors (Lipinski definition) is 0. The lowest BCUT2D eigenvalue weighted by molar-refractivity contribution is 0.222. The summed E-state index contributed by atoms with van der Waals surface area (Å²) in [4.78, 5) is 9.11. The highest BCUT2D eigenvalue weighted by Crippen LogP contribution is 2.20. The van der Waals surface area contributed by atoms with Gasteiger partial charge in [-0.2, -0.15) is 0 Å². The molecule has 0 radical (unpaired) electrons.